The molecule has 0 radical (unpaired) electrons. The van der Waals surface area contributed by atoms with E-state index in [0.717, 1.165) is 12.1 Å². The Bertz CT molecular complexity index is 725. The first kappa shape index (κ1) is 19.5. The topological polar surface area (TPSA) is 70.7 Å². The third-order valence-corrected chi connectivity index (χ3v) is 3.64. The second-order valence-corrected chi connectivity index (χ2v) is 6.16. The van der Waals surface area contributed by atoms with E-state index in [1.165, 1.54) is 5.56 Å². The van der Waals surface area contributed by atoms with Gasteiger partial charge in [-0.05, 0) is 56.4 Å². The zero-order valence-electron chi connectivity index (χ0n) is 15.4. The number of rotatable bonds is 7. The number of benzene rings is 2. The first-order valence-corrected chi connectivity index (χ1v) is 8.52. The van der Waals surface area contributed by atoms with E-state index >= 15 is 0 Å². The van der Waals surface area contributed by atoms with E-state index in [9.17, 15) is 9.59 Å². The summed E-state index contributed by atoms with van der Waals surface area (Å²) in [5.74, 6) is -0.162. The summed E-state index contributed by atoms with van der Waals surface area (Å²) in [5.41, 5.74) is 3.39. The minimum Gasteiger partial charge on any atom is -0.450 e. The lowest BCUT2D eigenvalue weighted by molar-refractivity contribution is 0.0951. The van der Waals surface area contributed by atoms with Crippen molar-refractivity contribution < 1.29 is 14.3 Å². The quantitative estimate of drug-likeness (QED) is 0.800. The zero-order chi connectivity index (χ0) is 18.9. The Balaban J connectivity index is 1.86. The first-order chi connectivity index (χ1) is 12.5. The molecule has 2 rings (SSSR count). The summed E-state index contributed by atoms with van der Waals surface area (Å²) in [7, 11) is 4.06. The molecule has 0 saturated heterocycles. The number of anilines is 1. The van der Waals surface area contributed by atoms with Gasteiger partial charge in [-0.2, -0.15) is 0 Å². The van der Waals surface area contributed by atoms with Crippen LogP contribution in [0, 0.1) is 0 Å². The van der Waals surface area contributed by atoms with Crippen LogP contribution < -0.4 is 10.6 Å². The molecule has 0 unspecified atom stereocenters. The van der Waals surface area contributed by atoms with Gasteiger partial charge in [-0.25, -0.2) is 4.79 Å². The second kappa shape index (κ2) is 9.58. The Morgan fingerprint density at radius 3 is 2.15 bits per heavy atom. The van der Waals surface area contributed by atoms with Crippen molar-refractivity contribution >= 4 is 17.7 Å². The number of ether oxygens (including phenoxy) is 1. The van der Waals surface area contributed by atoms with Gasteiger partial charge >= 0.3 is 6.09 Å². The fraction of sp³-hybridized carbons (Fsp3) is 0.300. The van der Waals surface area contributed by atoms with Crippen molar-refractivity contribution in [3.8, 4) is 0 Å². The minimum atomic E-state index is -0.512. The van der Waals surface area contributed by atoms with Crippen LogP contribution in [0.2, 0.25) is 0 Å². The normalized spacial score (nSPS) is 10.5. The summed E-state index contributed by atoms with van der Waals surface area (Å²) in [6.07, 6.45) is -0.512. The molecule has 2 aromatic rings. The van der Waals surface area contributed by atoms with Gasteiger partial charge in [-0.15, -0.1) is 0 Å². The lowest BCUT2D eigenvalue weighted by Crippen LogP contribution is -2.22. The number of hydrogen-bond acceptors (Lipinski definition) is 4. The maximum atomic E-state index is 12.2. The molecule has 0 saturated carbocycles. The van der Waals surface area contributed by atoms with Gasteiger partial charge in [0.15, 0.2) is 0 Å². The molecule has 0 aliphatic carbocycles. The van der Waals surface area contributed by atoms with Crippen molar-refractivity contribution in [3.63, 3.8) is 0 Å². The minimum absolute atomic E-state index is 0.162. The highest BCUT2D eigenvalue weighted by Gasteiger charge is 2.07. The highest BCUT2D eigenvalue weighted by Crippen LogP contribution is 2.11. The summed E-state index contributed by atoms with van der Waals surface area (Å²) < 4.78 is 4.81. The standard InChI is InChI=1S/C20H25N3O3/c1-4-26-20(25)22-18-11-9-17(10-12-18)19(24)21-13-15-5-7-16(8-6-15)14-23(2)3/h5-12H,4,13-14H2,1-3H3,(H,21,24)(H,22,25). The lowest BCUT2D eigenvalue weighted by Gasteiger charge is -2.11. The van der Waals surface area contributed by atoms with Crippen molar-refractivity contribution in [2.75, 3.05) is 26.0 Å². The predicted octanol–water partition coefficient (Wildman–Crippen LogP) is 3.25. The molecular weight excluding hydrogens is 330 g/mol. The van der Waals surface area contributed by atoms with Crippen LogP contribution >= 0.6 is 0 Å². The van der Waals surface area contributed by atoms with Crippen molar-refractivity contribution in [1.29, 1.82) is 0 Å². The van der Waals surface area contributed by atoms with Gasteiger partial charge in [0.05, 0.1) is 6.61 Å². The molecule has 0 fully saturated rings. The van der Waals surface area contributed by atoms with Gasteiger partial charge in [0.25, 0.3) is 5.91 Å². The van der Waals surface area contributed by atoms with E-state index in [1.54, 1.807) is 31.2 Å². The van der Waals surface area contributed by atoms with Gasteiger partial charge < -0.3 is 15.0 Å². The molecule has 2 aromatic carbocycles. The fourth-order valence-corrected chi connectivity index (χ4v) is 2.40. The SMILES string of the molecule is CCOC(=O)Nc1ccc(C(=O)NCc2ccc(CN(C)C)cc2)cc1. The predicted molar refractivity (Wildman–Crippen MR) is 102 cm³/mol. The van der Waals surface area contributed by atoms with Crippen molar-refractivity contribution in [2.24, 2.45) is 0 Å². The summed E-state index contributed by atoms with van der Waals surface area (Å²) in [6.45, 7) is 3.40. The van der Waals surface area contributed by atoms with Gasteiger partial charge in [-0.3, -0.25) is 10.1 Å². The summed E-state index contributed by atoms with van der Waals surface area (Å²) in [5, 5.41) is 5.48. The molecule has 0 bridgehead atoms. The van der Waals surface area contributed by atoms with E-state index < -0.39 is 6.09 Å². The zero-order valence-corrected chi connectivity index (χ0v) is 15.4. The van der Waals surface area contributed by atoms with E-state index in [-0.39, 0.29) is 5.91 Å². The molecule has 2 N–H and O–H groups in total. The van der Waals surface area contributed by atoms with E-state index in [4.69, 9.17) is 4.74 Å². The average Bonchev–Trinajstić information content (AvgIpc) is 2.61. The number of amides is 2. The van der Waals surface area contributed by atoms with E-state index in [2.05, 4.69) is 27.7 Å². The summed E-state index contributed by atoms with van der Waals surface area (Å²) in [4.78, 5) is 25.7. The molecule has 0 heterocycles. The monoisotopic (exact) mass is 355 g/mol. The Hall–Kier alpha value is -2.86. The van der Waals surface area contributed by atoms with Crippen LogP contribution in [0.15, 0.2) is 48.5 Å². The highest BCUT2D eigenvalue weighted by atomic mass is 16.5. The van der Waals surface area contributed by atoms with Gasteiger partial charge in [0.2, 0.25) is 0 Å². The van der Waals surface area contributed by atoms with Crippen LogP contribution in [-0.4, -0.2) is 37.6 Å². The third-order valence-electron chi connectivity index (χ3n) is 3.64. The maximum Gasteiger partial charge on any atom is 0.411 e. The average molecular weight is 355 g/mol. The second-order valence-electron chi connectivity index (χ2n) is 6.16. The molecule has 138 valence electrons. The Kier molecular flexibility index (Phi) is 7.17. The first-order valence-electron chi connectivity index (χ1n) is 8.52. The molecule has 0 atom stereocenters. The highest BCUT2D eigenvalue weighted by molar-refractivity contribution is 5.95. The van der Waals surface area contributed by atoms with Crippen LogP contribution in [0.5, 0.6) is 0 Å². The fourth-order valence-electron chi connectivity index (χ4n) is 2.40. The van der Waals surface area contributed by atoms with Gasteiger partial charge in [0, 0.05) is 24.3 Å². The number of carbonyl (C=O) groups excluding carboxylic acids is 2. The van der Waals surface area contributed by atoms with Crippen molar-refractivity contribution in [1.82, 2.24) is 10.2 Å². The number of nitrogens with zero attached hydrogens (tertiary/aromatic N) is 1. The molecule has 0 aromatic heterocycles. The maximum absolute atomic E-state index is 12.2. The molecular formula is C20H25N3O3. The smallest absolute Gasteiger partial charge is 0.411 e. The van der Waals surface area contributed by atoms with Crippen molar-refractivity contribution in [2.45, 2.75) is 20.0 Å². The van der Waals surface area contributed by atoms with E-state index in [0.29, 0.717) is 24.4 Å². The molecule has 0 spiro atoms. The van der Waals surface area contributed by atoms with Crippen molar-refractivity contribution in [3.05, 3.63) is 65.2 Å². The van der Waals surface area contributed by atoms with Crippen LogP contribution in [0.4, 0.5) is 10.5 Å². The summed E-state index contributed by atoms with van der Waals surface area (Å²) in [6, 6.07) is 14.8. The lowest BCUT2D eigenvalue weighted by atomic mass is 10.1. The van der Waals surface area contributed by atoms with Crippen LogP contribution in [0.25, 0.3) is 0 Å². The largest absolute Gasteiger partial charge is 0.450 e. The van der Waals surface area contributed by atoms with Crippen LogP contribution in [0.1, 0.15) is 28.4 Å². The molecule has 0 aliphatic heterocycles. The number of carbonyl (C=O) groups is 2. The molecule has 26 heavy (non-hydrogen) atoms. The Morgan fingerprint density at radius 1 is 0.962 bits per heavy atom. The number of hydrogen-bond donors (Lipinski definition) is 2. The van der Waals surface area contributed by atoms with Crippen LogP contribution in [-0.2, 0) is 17.8 Å². The van der Waals surface area contributed by atoms with Crippen LogP contribution in [0.3, 0.4) is 0 Å². The molecule has 2 amide bonds. The Morgan fingerprint density at radius 2 is 1.58 bits per heavy atom. The summed E-state index contributed by atoms with van der Waals surface area (Å²) >= 11 is 0. The Labute approximate surface area is 154 Å². The van der Waals surface area contributed by atoms with Gasteiger partial charge in [-0.1, -0.05) is 24.3 Å². The number of nitrogens with one attached hydrogen (secondary N) is 2. The molecule has 6 nitrogen and oxygen atoms in total. The third kappa shape index (κ3) is 6.22. The van der Waals surface area contributed by atoms with E-state index in [1.807, 2.05) is 26.2 Å². The van der Waals surface area contributed by atoms with Gasteiger partial charge in [0.1, 0.15) is 0 Å². The molecule has 0 aliphatic rings. The molecule has 6 heteroatoms.